The Morgan fingerprint density at radius 3 is 2.33 bits per heavy atom. The molecule has 0 aromatic carbocycles. The highest BCUT2D eigenvalue weighted by Crippen LogP contribution is 2.08. The number of hydrogen-bond donors (Lipinski definition) is 2. The molecule has 0 bridgehead atoms. The van der Waals surface area contributed by atoms with Crippen molar-refractivity contribution in [2.75, 3.05) is 26.4 Å². The van der Waals surface area contributed by atoms with Gasteiger partial charge in [-0.3, -0.25) is 0 Å². The Morgan fingerprint density at radius 2 is 1.75 bits per heavy atom. The van der Waals surface area contributed by atoms with Gasteiger partial charge in [0.2, 0.25) is 0 Å². The summed E-state index contributed by atoms with van der Waals surface area (Å²) in [6.45, 7) is 8.71. The SMILES string of the molecule is CCCCOCCCC[C@H](COCC(=O)O)NC(=O)OC(C)(C)C. The van der Waals surface area contributed by atoms with E-state index in [4.69, 9.17) is 19.3 Å². The number of unbranched alkanes of at least 4 members (excludes halogenated alkanes) is 2. The Bertz CT molecular complexity index is 353. The van der Waals surface area contributed by atoms with Crippen molar-refractivity contribution in [3.63, 3.8) is 0 Å². The lowest BCUT2D eigenvalue weighted by molar-refractivity contribution is -0.142. The standard InChI is InChI=1S/C17H33NO6/c1-5-6-10-22-11-8-7-9-14(12-23-13-15(19)20)18-16(21)24-17(2,3)4/h14H,5-13H2,1-4H3,(H,18,21)(H,19,20)/t14-/m1/s1. The van der Waals surface area contributed by atoms with Crippen LogP contribution in [0.3, 0.4) is 0 Å². The summed E-state index contributed by atoms with van der Waals surface area (Å²) >= 11 is 0. The van der Waals surface area contributed by atoms with Crippen LogP contribution in [0.4, 0.5) is 4.79 Å². The molecule has 2 N–H and O–H groups in total. The largest absolute Gasteiger partial charge is 0.480 e. The fraction of sp³-hybridized carbons (Fsp3) is 0.882. The first kappa shape index (κ1) is 22.7. The molecule has 0 aliphatic rings. The normalized spacial score (nSPS) is 12.7. The van der Waals surface area contributed by atoms with E-state index in [1.54, 1.807) is 20.8 Å². The number of amides is 1. The molecule has 0 aliphatic carbocycles. The average Bonchev–Trinajstić information content (AvgIpc) is 2.43. The predicted molar refractivity (Wildman–Crippen MR) is 91.2 cm³/mol. The summed E-state index contributed by atoms with van der Waals surface area (Å²) in [5, 5.41) is 11.4. The summed E-state index contributed by atoms with van der Waals surface area (Å²) in [6.07, 6.45) is 4.06. The maximum absolute atomic E-state index is 11.8. The number of carboxylic acids is 1. The molecule has 0 unspecified atom stereocenters. The summed E-state index contributed by atoms with van der Waals surface area (Å²) in [7, 11) is 0. The second-order valence-electron chi connectivity index (χ2n) is 6.71. The third-order valence-electron chi connectivity index (χ3n) is 3.00. The zero-order valence-corrected chi connectivity index (χ0v) is 15.4. The van der Waals surface area contributed by atoms with E-state index in [-0.39, 0.29) is 19.3 Å². The second kappa shape index (κ2) is 13.0. The number of nitrogens with one attached hydrogen (secondary N) is 1. The number of carboxylic acid groups (broad SMARTS) is 1. The number of ether oxygens (including phenoxy) is 3. The molecular formula is C17H33NO6. The molecule has 0 aliphatic heterocycles. The number of hydrogen-bond acceptors (Lipinski definition) is 5. The number of aliphatic carboxylic acids is 1. The van der Waals surface area contributed by atoms with Gasteiger partial charge < -0.3 is 24.6 Å². The molecule has 0 fully saturated rings. The molecule has 0 saturated carbocycles. The average molecular weight is 347 g/mol. The van der Waals surface area contributed by atoms with E-state index < -0.39 is 17.7 Å². The predicted octanol–water partition coefficient (Wildman–Crippen LogP) is 2.97. The quantitative estimate of drug-likeness (QED) is 0.498. The lowest BCUT2D eigenvalue weighted by atomic mass is 10.1. The van der Waals surface area contributed by atoms with Gasteiger partial charge in [-0.2, -0.15) is 0 Å². The van der Waals surface area contributed by atoms with Crippen molar-refractivity contribution in [1.29, 1.82) is 0 Å². The Morgan fingerprint density at radius 1 is 1.08 bits per heavy atom. The Kier molecular flexibility index (Phi) is 12.3. The first-order valence-electron chi connectivity index (χ1n) is 8.61. The highest BCUT2D eigenvalue weighted by Gasteiger charge is 2.19. The topological polar surface area (TPSA) is 94.1 Å². The van der Waals surface area contributed by atoms with Gasteiger partial charge in [-0.05, 0) is 46.5 Å². The van der Waals surface area contributed by atoms with E-state index in [2.05, 4.69) is 12.2 Å². The van der Waals surface area contributed by atoms with Crippen LogP contribution < -0.4 is 5.32 Å². The fourth-order valence-corrected chi connectivity index (χ4v) is 1.90. The molecule has 0 heterocycles. The van der Waals surface area contributed by atoms with Crippen LogP contribution in [-0.2, 0) is 19.0 Å². The summed E-state index contributed by atoms with van der Waals surface area (Å²) in [5.41, 5.74) is -0.580. The number of alkyl carbamates (subject to hydrolysis) is 1. The molecule has 24 heavy (non-hydrogen) atoms. The monoisotopic (exact) mass is 347 g/mol. The van der Waals surface area contributed by atoms with Crippen molar-refractivity contribution in [1.82, 2.24) is 5.32 Å². The van der Waals surface area contributed by atoms with Gasteiger partial charge in [-0.25, -0.2) is 9.59 Å². The van der Waals surface area contributed by atoms with Crippen molar-refractivity contribution in [3.8, 4) is 0 Å². The molecule has 0 aromatic rings. The third-order valence-corrected chi connectivity index (χ3v) is 3.00. The van der Waals surface area contributed by atoms with Gasteiger partial charge in [-0.1, -0.05) is 13.3 Å². The van der Waals surface area contributed by atoms with Gasteiger partial charge in [0.1, 0.15) is 12.2 Å². The van der Waals surface area contributed by atoms with Gasteiger partial charge >= 0.3 is 12.1 Å². The molecule has 1 amide bonds. The minimum atomic E-state index is -1.03. The van der Waals surface area contributed by atoms with Crippen molar-refractivity contribution >= 4 is 12.1 Å². The van der Waals surface area contributed by atoms with E-state index in [9.17, 15) is 9.59 Å². The highest BCUT2D eigenvalue weighted by molar-refractivity contribution is 5.68. The molecule has 7 nitrogen and oxygen atoms in total. The molecule has 0 rings (SSSR count). The van der Waals surface area contributed by atoms with Crippen LogP contribution >= 0.6 is 0 Å². The van der Waals surface area contributed by atoms with Crippen molar-refractivity contribution in [2.45, 2.75) is 71.4 Å². The van der Waals surface area contributed by atoms with Crippen LogP contribution in [0.25, 0.3) is 0 Å². The maximum atomic E-state index is 11.8. The Labute approximate surface area is 145 Å². The molecule has 142 valence electrons. The molecule has 0 spiro atoms. The summed E-state index contributed by atoms with van der Waals surface area (Å²) in [4.78, 5) is 22.4. The zero-order valence-electron chi connectivity index (χ0n) is 15.4. The van der Waals surface area contributed by atoms with Gasteiger partial charge in [0.05, 0.1) is 12.6 Å². The van der Waals surface area contributed by atoms with E-state index in [1.807, 2.05) is 0 Å². The smallest absolute Gasteiger partial charge is 0.407 e. The maximum Gasteiger partial charge on any atom is 0.407 e. The molecular weight excluding hydrogens is 314 g/mol. The van der Waals surface area contributed by atoms with Crippen LogP contribution in [0.5, 0.6) is 0 Å². The van der Waals surface area contributed by atoms with Crippen molar-refractivity contribution < 1.29 is 28.9 Å². The van der Waals surface area contributed by atoms with Crippen LogP contribution in [-0.4, -0.2) is 55.2 Å². The first-order chi connectivity index (χ1) is 11.2. The second-order valence-corrected chi connectivity index (χ2v) is 6.71. The highest BCUT2D eigenvalue weighted by atomic mass is 16.6. The molecule has 0 aromatic heterocycles. The van der Waals surface area contributed by atoms with Gasteiger partial charge in [0.15, 0.2) is 0 Å². The fourth-order valence-electron chi connectivity index (χ4n) is 1.90. The van der Waals surface area contributed by atoms with E-state index in [0.29, 0.717) is 13.0 Å². The Hall–Kier alpha value is -1.34. The Balaban J connectivity index is 4.12. The van der Waals surface area contributed by atoms with Crippen LogP contribution in [0.15, 0.2) is 0 Å². The van der Waals surface area contributed by atoms with Crippen molar-refractivity contribution in [3.05, 3.63) is 0 Å². The van der Waals surface area contributed by atoms with Gasteiger partial charge in [0, 0.05) is 13.2 Å². The zero-order chi connectivity index (χ0) is 18.4. The third kappa shape index (κ3) is 15.6. The summed E-state index contributed by atoms with van der Waals surface area (Å²) in [5.74, 6) is -1.03. The van der Waals surface area contributed by atoms with E-state index >= 15 is 0 Å². The molecule has 0 radical (unpaired) electrons. The minimum Gasteiger partial charge on any atom is -0.480 e. The van der Waals surface area contributed by atoms with Crippen LogP contribution in [0.1, 0.15) is 59.8 Å². The van der Waals surface area contributed by atoms with Crippen molar-refractivity contribution in [2.24, 2.45) is 0 Å². The lowest BCUT2D eigenvalue weighted by Crippen LogP contribution is -2.41. The number of carbonyl (C=O) groups is 2. The van der Waals surface area contributed by atoms with E-state index in [1.165, 1.54) is 0 Å². The summed E-state index contributed by atoms with van der Waals surface area (Å²) in [6, 6.07) is -0.283. The van der Waals surface area contributed by atoms with Gasteiger partial charge in [0.25, 0.3) is 0 Å². The minimum absolute atomic E-state index is 0.141. The molecule has 7 heteroatoms. The van der Waals surface area contributed by atoms with Crippen LogP contribution in [0.2, 0.25) is 0 Å². The molecule has 1 atom stereocenters. The van der Waals surface area contributed by atoms with E-state index in [0.717, 1.165) is 32.3 Å². The molecule has 0 saturated heterocycles. The summed E-state index contributed by atoms with van der Waals surface area (Å²) < 4.78 is 15.8. The van der Waals surface area contributed by atoms with Crippen LogP contribution in [0, 0.1) is 0 Å². The number of carbonyl (C=O) groups excluding carboxylic acids is 1. The first-order valence-corrected chi connectivity index (χ1v) is 8.61. The van der Waals surface area contributed by atoms with Gasteiger partial charge in [-0.15, -0.1) is 0 Å². The lowest BCUT2D eigenvalue weighted by Gasteiger charge is -2.23. The number of rotatable bonds is 13.